The first-order chi connectivity index (χ1) is 14.4. The van der Waals surface area contributed by atoms with Crippen LogP contribution in [-0.2, 0) is 4.79 Å². The van der Waals surface area contributed by atoms with E-state index in [-0.39, 0.29) is 11.8 Å². The highest BCUT2D eigenvalue weighted by atomic mass is 16.5. The summed E-state index contributed by atoms with van der Waals surface area (Å²) in [6.07, 6.45) is 1.15. The van der Waals surface area contributed by atoms with Crippen molar-refractivity contribution in [3.8, 4) is 11.5 Å². The van der Waals surface area contributed by atoms with Crippen molar-refractivity contribution in [1.82, 2.24) is 10.2 Å². The van der Waals surface area contributed by atoms with Crippen molar-refractivity contribution < 1.29 is 19.1 Å². The number of nitrogens with one attached hydrogen (secondary N) is 1. The number of ether oxygens (including phenoxy) is 2. The largest absolute Gasteiger partial charge is 0.493 e. The van der Waals surface area contributed by atoms with Crippen LogP contribution in [0.25, 0.3) is 0 Å². The molecule has 0 radical (unpaired) electrons. The maximum Gasteiger partial charge on any atom is 0.272 e. The smallest absolute Gasteiger partial charge is 0.272 e. The summed E-state index contributed by atoms with van der Waals surface area (Å²) in [7, 11) is 3.11. The minimum Gasteiger partial charge on any atom is -0.493 e. The number of nitrogens with zero attached hydrogens (tertiary/aromatic N) is 2. The fourth-order valence-corrected chi connectivity index (χ4v) is 3.94. The summed E-state index contributed by atoms with van der Waals surface area (Å²) in [5, 5.41) is 3.05. The van der Waals surface area contributed by atoms with Gasteiger partial charge in [0.1, 0.15) is 11.4 Å². The topological polar surface area (TPSA) is 80.2 Å². The molecule has 30 heavy (non-hydrogen) atoms. The number of carbonyl (C=O) groups is 2. The molecule has 1 N–H and O–H groups in total. The average Bonchev–Trinajstić information content (AvgIpc) is 3.09. The van der Waals surface area contributed by atoms with Crippen LogP contribution in [0.3, 0.4) is 0 Å². The maximum atomic E-state index is 13.0. The zero-order valence-corrected chi connectivity index (χ0v) is 17.4. The van der Waals surface area contributed by atoms with E-state index in [0.29, 0.717) is 48.7 Å². The lowest BCUT2D eigenvalue weighted by molar-refractivity contribution is -0.115. The molecule has 2 heterocycles. The Hall–Kier alpha value is -3.35. The van der Waals surface area contributed by atoms with Crippen LogP contribution in [0, 0.1) is 6.92 Å². The number of aliphatic imine (C=N–C) groups is 1. The van der Waals surface area contributed by atoms with Crippen LogP contribution in [0.5, 0.6) is 11.5 Å². The highest BCUT2D eigenvalue weighted by Crippen LogP contribution is 2.31. The van der Waals surface area contributed by atoms with Crippen molar-refractivity contribution in [2.24, 2.45) is 4.99 Å². The summed E-state index contributed by atoms with van der Waals surface area (Å²) < 4.78 is 10.5. The van der Waals surface area contributed by atoms with E-state index in [1.54, 1.807) is 37.3 Å². The maximum absolute atomic E-state index is 13.0. The van der Waals surface area contributed by atoms with Gasteiger partial charge in [-0.3, -0.25) is 14.6 Å². The second kappa shape index (κ2) is 7.82. The molecule has 2 aliphatic heterocycles. The minimum absolute atomic E-state index is 0.0714. The quantitative estimate of drug-likeness (QED) is 0.845. The number of rotatable bonds is 4. The highest BCUT2D eigenvalue weighted by molar-refractivity contribution is 6.46. The van der Waals surface area contributed by atoms with Gasteiger partial charge in [-0.05, 0) is 25.1 Å². The van der Waals surface area contributed by atoms with Gasteiger partial charge in [-0.25, -0.2) is 0 Å². The summed E-state index contributed by atoms with van der Waals surface area (Å²) >= 11 is 0. The van der Waals surface area contributed by atoms with Gasteiger partial charge in [0.2, 0.25) is 0 Å². The second-order valence-corrected chi connectivity index (χ2v) is 7.67. The van der Waals surface area contributed by atoms with Gasteiger partial charge in [0.15, 0.2) is 11.5 Å². The monoisotopic (exact) mass is 407 g/mol. The summed E-state index contributed by atoms with van der Waals surface area (Å²) in [5.74, 6) is 0.877. The molecule has 1 saturated heterocycles. The highest BCUT2D eigenvalue weighted by Gasteiger charge is 2.43. The van der Waals surface area contributed by atoms with Gasteiger partial charge in [0, 0.05) is 37.1 Å². The third-order valence-corrected chi connectivity index (χ3v) is 5.72. The van der Waals surface area contributed by atoms with E-state index in [0.717, 1.165) is 11.1 Å². The normalized spacial score (nSPS) is 17.5. The molecule has 156 valence electrons. The van der Waals surface area contributed by atoms with Crippen molar-refractivity contribution in [3.05, 3.63) is 59.2 Å². The van der Waals surface area contributed by atoms with Crippen molar-refractivity contribution in [2.45, 2.75) is 25.4 Å². The van der Waals surface area contributed by atoms with Crippen LogP contribution in [0.1, 0.15) is 34.3 Å². The van der Waals surface area contributed by atoms with Crippen molar-refractivity contribution >= 4 is 17.5 Å². The van der Waals surface area contributed by atoms with E-state index in [2.05, 4.69) is 5.32 Å². The van der Waals surface area contributed by atoms with Crippen LogP contribution >= 0.6 is 0 Å². The Balaban J connectivity index is 1.48. The Kier molecular flexibility index (Phi) is 5.20. The molecule has 0 aromatic heterocycles. The Morgan fingerprint density at radius 3 is 2.33 bits per heavy atom. The van der Waals surface area contributed by atoms with E-state index < -0.39 is 5.66 Å². The van der Waals surface area contributed by atoms with E-state index in [9.17, 15) is 9.59 Å². The zero-order chi connectivity index (χ0) is 21.3. The van der Waals surface area contributed by atoms with Crippen LogP contribution in [0.2, 0.25) is 0 Å². The Labute approximate surface area is 175 Å². The molecule has 1 fully saturated rings. The third-order valence-electron chi connectivity index (χ3n) is 5.72. The first kappa shape index (κ1) is 19.9. The minimum atomic E-state index is -0.633. The molecule has 2 amide bonds. The molecule has 0 aliphatic carbocycles. The number of piperidine rings is 1. The number of likely N-dealkylation sites (tertiary alicyclic amines) is 1. The number of amides is 2. The summed E-state index contributed by atoms with van der Waals surface area (Å²) in [6.45, 7) is 3.03. The molecule has 0 unspecified atom stereocenters. The van der Waals surface area contributed by atoms with Gasteiger partial charge in [0.25, 0.3) is 11.8 Å². The Morgan fingerprint density at radius 1 is 1.03 bits per heavy atom. The lowest BCUT2D eigenvalue weighted by atomic mass is 9.97. The van der Waals surface area contributed by atoms with Crippen LogP contribution in [0.15, 0.2) is 47.5 Å². The number of methoxy groups -OCH3 is 2. The van der Waals surface area contributed by atoms with Gasteiger partial charge in [-0.15, -0.1) is 0 Å². The number of benzene rings is 2. The molecule has 2 aliphatic rings. The van der Waals surface area contributed by atoms with E-state index in [1.807, 2.05) is 31.2 Å². The van der Waals surface area contributed by atoms with Crippen molar-refractivity contribution in [3.63, 3.8) is 0 Å². The van der Waals surface area contributed by atoms with Crippen LogP contribution < -0.4 is 14.8 Å². The fraction of sp³-hybridized carbons (Fsp3) is 0.348. The van der Waals surface area contributed by atoms with Gasteiger partial charge in [-0.2, -0.15) is 0 Å². The third kappa shape index (κ3) is 3.63. The Bertz CT molecular complexity index is 1010. The summed E-state index contributed by atoms with van der Waals surface area (Å²) in [5.41, 5.74) is 2.33. The number of aryl methyl sites for hydroxylation is 1. The average molecular weight is 407 g/mol. The van der Waals surface area contributed by atoms with E-state index in [4.69, 9.17) is 14.5 Å². The lowest BCUT2D eigenvalue weighted by Gasteiger charge is -2.37. The van der Waals surface area contributed by atoms with Crippen LogP contribution in [-0.4, -0.2) is 55.4 Å². The SMILES string of the molecule is COc1ccc(C(=O)N2CCC3(CC2)N=C(c2ccc(C)cc2)C(=O)N3)cc1OC. The zero-order valence-electron chi connectivity index (χ0n) is 17.4. The van der Waals surface area contributed by atoms with Gasteiger partial charge in [-0.1, -0.05) is 29.8 Å². The molecule has 1 spiro atoms. The molecule has 2 aromatic carbocycles. The van der Waals surface area contributed by atoms with Crippen LogP contribution in [0.4, 0.5) is 0 Å². The first-order valence-electron chi connectivity index (χ1n) is 9.95. The molecular formula is C23H25N3O4. The van der Waals surface area contributed by atoms with Gasteiger partial charge >= 0.3 is 0 Å². The first-order valence-corrected chi connectivity index (χ1v) is 9.95. The molecule has 0 atom stereocenters. The molecule has 7 nitrogen and oxygen atoms in total. The van der Waals surface area contributed by atoms with E-state index in [1.165, 1.54) is 0 Å². The molecular weight excluding hydrogens is 382 g/mol. The predicted molar refractivity (Wildman–Crippen MR) is 113 cm³/mol. The second-order valence-electron chi connectivity index (χ2n) is 7.67. The molecule has 2 aromatic rings. The fourth-order valence-electron chi connectivity index (χ4n) is 3.94. The number of hydrogen-bond donors (Lipinski definition) is 1. The van der Waals surface area contributed by atoms with Crippen molar-refractivity contribution in [2.75, 3.05) is 27.3 Å². The Morgan fingerprint density at radius 2 is 1.70 bits per heavy atom. The van der Waals surface area contributed by atoms with Gasteiger partial charge in [0.05, 0.1) is 14.2 Å². The molecule has 0 bridgehead atoms. The van der Waals surface area contributed by atoms with Gasteiger partial charge < -0.3 is 19.7 Å². The molecule has 0 saturated carbocycles. The molecule has 4 rings (SSSR count). The summed E-state index contributed by atoms with van der Waals surface area (Å²) in [6, 6.07) is 12.9. The van der Waals surface area contributed by atoms with E-state index >= 15 is 0 Å². The summed E-state index contributed by atoms with van der Waals surface area (Å²) in [4.78, 5) is 32.1. The number of hydrogen-bond acceptors (Lipinski definition) is 5. The predicted octanol–water partition coefficient (Wildman–Crippen LogP) is 2.56. The standard InChI is InChI=1S/C23H25N3O4/c1-15-4-6-16(7-5-15)20-21(27)25-23(24-20)10-12-26(13-11-23)22(28)17-8-9-18(29-2)19(14-17)30-3/h4-9,14H,10-13H2,1-3H3,(H,25,27). The number of carbonyl (C=O) groups excluding carboxylic acids is 2. The lowest BCUT2D eigenvalue weighted by Crippen LogP contribution is -2.52. The van der Waals surface area contributed by atoms with Crippen molar-refractivity contribution in [1.29, 1.82) is 0 Å². The molecule has 7 heteroatoms.